The van der Waals surface area contributed by atoms with Crippen molar-refractivity contribution >= 4 is 32.8 Å². The van der Waals surface area contributed by atoms with E-state index in [1.54, 1.807) is 6.92 Å². The number of carbonyl (C=O) groups is 1. The van der Waals surface area contributed by atoms with Crippen LogP contribution in [0, 0.1) is 18.8 Å². The van der Waals surface area contributed by atoms with E-state index in [0.717, 1.165) is 15.6 Å². The number of rotatable bonds is 1. The molecule has 0 aromatic heterocycles. The Kier molecular flexibility index (Phi) is 4.93. The summed E-state index contributed by atoms with van der Waals surface area (Å²) >= 11 is 4.64. The Balaban J connectivity index is 2.67. The van der Waals surface area contributed by atoms with Crippen LogP contribution in [0.5, 0.6) is 0 Å². The average Bonchev–Trinajstić information content (AvgIpc) is 2.14. The van der Waals surface area contributed by atoms with E-state index in [0.29, 0.717) is 5.75 Å². The van der Waals surface area contributed by atoms with Crippen LogP contribution in [0.1, 0.15) is 18.1 Å². The maximum Gasteiger partial charge on any atom is 0.186 e. The molecule has 0 unspecified atom stereocenters. The number of carbonyl (C=O) groups excluding carboxylic acids is 1. The van der Waals surface area contributed by atoms with Crippen LogP contribution in [0.25, 0.3) is 0 Å². The molecule has 78 valence electrons. The van der Waals surface area contributed by atoms with E-state index in [1.165, 1.54) is 11.8 Å². The van der Waals surface area contributed by atoms with Gasteiger partial charge in [-0.25, -0.2) is 0 Å². The van der Waals surface area contributed by atoms with Crippen LogP contribution in [0.2, 0.25) is 0 Å². The van der Waals surface area contributed by atoms with Crippen LogP contribution < -0.4 is 0 Å². The normalized spacial score (nSPS) is 9.27. The van der Waals surface area contributed by atoms with Gasteiger partial charge in [-0.2, -0.15) is 0 Å². The third kappa shape index (κ3) is 4.55. The molecule has 0 fully saturated rings. The number of benzene rings is 1. The Morgan fingerprint density at radius 1 is 1.53 bits per heavy atom. The summed E-state index contributed by atoms with van der Waals surface area (Å²) in [6, 6.07) is 5.97. The van der Waals surface area contributed by atoms with Crippen molar-refractivity contribution in [2.45, 2.75) is 13.8 Å². The highest BCUT2D eigenvalue weighted by atomic mass is 79.9. The van der Waals surface area contributed by atoms with Gasteiger partial charge in [0.2, 0.25) is 0 Å². The monoisotopic (exact) mass is 282 g/mol. The first-order chi connectivity index (χ1) is 7.09. The fourth-order valence-electron chi connectivity index (χ4n) is 1.04. The third-order valence-electron chi connectivity index (χ3n) is 1.76. The molecule has 0 saturated heterocycles. The SMILES string of the molecule is CC(=O)SCC#Cc1ccc(Br)cc1C. The Morgan fingerprint density at radius 3 is 2.87 bits per heavy atom. The second-order valence-corrected chi connectivity index (χ2v) is 5.11. The molecule has 0 bridgehead atoms. The molecule has 1 aromatic carbocycles. The number of hydrogen-bond donors (Lipinski definition) is 0. The number of aryl methyl sites for hydroxylation is 1. The predicted molar refractivity (Wildman–Crippen MR) is 68.9 cm³/mol. The molecule has 0 heterocycles. The lowest BCUT2D eigenvalue weighted by atomic mass is 10.1. The van der Waals surface area contributed by atoms with Gasteiger partial charge in [0.25, 0.3) is 0 Å². The van der Waals surface area contributed by atoms with Gasteiger partial charge in [-0.15, -0.1) is 0 Å². The summed E-state index contributed by atoms with van der Waals surface area (Å²) in [6.07, 6.45) is 0. The molecule has 0 amide bonds. The highest BCUT2D eigenvalue weighted by Gasteiger charge is 1.94. The first-order valence-electron chi connectivity index (χ1n) is 4.48. The van der Waals surface area contributed by atoms with Gasteiger partial charge in [-0.3, -0.25) is 4.79 Å². The number of halogens is 1. The zero-order valence-electron chi connectivity index (χ0n) is 8.63. The molecule has 0 spiro atoms. The lowest BCUT2D eigenvalue weighted by Crippen LogP contribution is -1.84. The summed E-state index contributed by atoms with van der Waals surface area (Å²) < 4.78 is 1.06. The lowest BCUT2D eigenvalue weighted by Gasteiger charge is -1.97. The summed E-state index contributed by atoms with van der Waals surface area (Å²) in [5, 5.41) is 0.108. The topological polar surface area (TPSA) is 17.1 Å². The Labute approximate surface area is 103 Å². The van der Waals surface area contributed by atoms with Crippen LogP contribution >= 0.6 is 27.7 Å². The van der Waals surface area contributed by atoms with E-state index in [1.807, 2.05) is 25.1 Å². The molecule has 0 saturated carbocycles. The minimum atomic E-state index is 0.108. The van der Waals surface area contributed by atoms with Crippen molar-refractivity contribution in [3.63, 3.8) is 0 Å². The summed E-state index contributed by atoms with van der Waals surface area (Å²) in [5.41, 5.74) is 2.16. The van der Waals surface area contributed by atoms with Crippen LogP contribution in [0.4, 0.5) is 0 Å². The molecule has 0 aliphatic carbocycles. The zero-order chi connectivity index (χ0) is 11.3. The zero-order valence-corrected chi connectivity index (χ0v) is 11.0. The molecule has 1 aromatic rings. The molecule has 1 rings (SSSR count). The number of thioether (sulfide) groups is 1. The van der Waals surface area contributed by atoms with Crippen molar-refractivity contribution in [3.05, 3.63) is 33.8 Å². The van der Waals surface area contributed by atoms with Gasteiger partial charge in [0.05, 0.1) is 5.75 Å². The van der Waals surface area contributed by atoms with Crippen LogP contribution in [-0.2, 0) is 4.79 Å². The first-order valence-corrected chi connectivity index (χ1v) is 6.26. The third-order valence-corrected chi connectivity index (χ3v) is 2.95. The Hall–Kier alpha value is -0.720. The van der Waals surface area contributed by atoms with E-state index in [9.17, 15) is 4.79 Å². The van der Waals surface area contributed by atoms with E-state index in [2.05, 4.69) is 27.8 Å². The second-order valence-electron chi connectivity index (χ2n) is 3.04. The standard InChI is InChI=1S/C12H11BrOS/c1-9-8-12(13)6-5-11(9)4-3-7-15-10(2)14/h5-6,8H,7H2,1-2H3. The van der Waals surface area contributed by atoms with Gasteiger partial charge in [-0.05, 0) is 30.7 Å². The molecule has 15 heavy (non-hydrogen) atoms. The summed E-state index contributed by atoms with van der Waals surface area (Å²) in [5.74, 6) is 6.58. The molecule has 0 atom stereocenters. The van der Waals surface area contributed by atoms with Crippen LogP contribution in [0.15, 0.2) is 22.7 Å². The van der Waals surface area contributed by atoms with E-state index in [4.69, 9.17) is 0 Å². The quantitative estimate of drug-likeness (QED) is 0.735. The van der Waals surface area contributed by atoms with Crippen molar-refractivity contribution in [1.29, 1.82) is 0 Å². The van der Waals surface area contributed by atoms with Gasteiger partial charge >= 0.3 is 0 Å². The molecule has 0 N–H and O–H groups in total. The largest absolute Gasteiger partial charge is 0.288 e. The average molecular weight is 283 g/mol. The van der Waals surface area contributed by atoms with Crippen LogP contribution in [0.3, 0.4) is 0 Å². The van der Waals surface area contributed by atoms with Crippen molar-refractivity contribution in [1.82, 2.24) is 0 Å². The van der Waals surface area contributed by atoms with Crippen LogP contribution in [-0.4, -0.2) is 10.9 Å². The molecule has 3 heteroatoms. The minimum absolute atomic E-state index is 0.108. The molecule has 0 aliphatic heterocycles. The van der Waals surface area contributed by atoms with Gasteiger partial charge in [0.1, 0.15) is 0 Å². The highest BCUT2D eigenvalue weighted by molar-refractivity contribution is 9.10. The van der Waals surface area contributed by atoms with Gasteiger partial charge < -0.3 is 0 Å². The summed E-state index contributed by atoms with van der Waals surface area (Å²) in [6.45, 7) is 3.57. The molecular formula is C12H11BrOS. The molecule has 1 nitrogen and oxygen atoms in total. The summed E-state index contributed by atoms with van der Waals surface area (Å²) in [4.78, 5) is 10.7. The fraction of sp³-hybridized carbons (Fsp3) is 0.250. The second kappa shape index (κ2) is 5.99. The Morgan fingerprint density at radius 2 is 2.27 bits per heavy atom. The number of hydrogen-bond acceptors (Lipinski definition) is 2. The minimum Gasteiger partial charge on any atom is -0.288 e. The lowest BCUT2D eigenvalue weighted by molar-refractivity contribution is -0.109. The van der Waals surface area contributed by atoms with Crippen molar-refractivity contribution in [2.75, 3.05) is 5.75 Å². The van der Waals surface area contributed by atoms with Crippen molar-refractivity contribution in [2.24, 2.45) is 0 Å². The van der Waals surface area contributed by atoms with E-state index >= 15 is 0 Å². The molecule has 0 radical (unpaired) electrons. The molecular weight excluding hydrogens is 272 g/mol. The molecule has 0 aliphatic rings. The van der Waals surface area contributed by atoms with Crippen molar-refractivity contribution < 1.29 is 4.79 Å². The van der Waals surface area contributed by atoms with E-state index in [-0.39, 0.29) is 5.12 Å². The van der Waals surface area contributed by atoms with E-state index < -0.39 is 0 Å². The van der Waals surface area contributed by atoms with Gasteiger partial charge in [0, 0.05) is 17.0 Å². The van der Waals surface area contributed by atoms with Crippen molar-refractivity contribution in [3.8, 4) is 11.8 Å². The Bertz CT molecular complexity index is 429. The first kappa shape index (κ1) is 12.4. The highest BCUT2D eigenvalue weighted by Crippen LogP contribution is 2.14. The van der Waals surface area contributed by atoms with Gasteiger partial charge in [0.15, 0.2) is 5.12 Å². The van der Waals surface area contributed by atoms with Gasteiger partial charge in [-0.1, -0.05) is 39.5 Å². The maximum atomic E-state index is 10.7. The summed E-state index contributed by atoms with van der Waals surface area (Å²) in [7, 11) is 0. The maximum absolute atomic E-state index is 10.7. The smallest absolute Gasteiger partial charge is 0.186 e. The fourth-order valence-corrected chi connectivity index (χ4v) is 1.86. The predicted octanol–water partition coefficient (Wildman–Crippen LogP) is 3.39.